The van der Waals surface area contributed by atoms with Crippen LogP contribution in [0.5, 0.6) is 5.75 Å². The van der Waals surface area contributed by atoms with Crippen molar-refractivity contribution in [2.75, 3.05) is 12.4 Å². The van der Waals surface area contributed by atoms with Gasteiger partial charge in [-0.15, -0.1) is 0 Å². The van der Waals surface area contributed by atoms with Crippen LogP contribution in [-0.2, 0) is 0 Å². The number of methoxy groups -OCH3 is 1. The molecule has 0 saturated heterocycles. The summed E-state index contributed by atoms with van der Waals surface area (Å²) in [6.07, 6.45) is 0. The second kappa shape index (κ2) is 5.59. The van der Waals surface area contributed by atoms with Crippen molar-refractivity contribution in [2.45, 2.75) is 0 Å². The molecule has 0 amide bonds. The standard InChI is InChI=1S/C14H10ClFN2O/c1-19-11-4-5-12(16)14(7-11)18-13-6-10(15)3-2-9(13)8-17/h2-7,18H,1H3. The highest BCUT2D eigenvalue weighted by molar-refractivity contribution is 6.30. The maximum absolute atomic E-state index is 13.7. The van der Waals surface area contributed by atoms with Crippen molar-refractivity contribution in [3.8, 4) is 11.8 Å². The summed E-state index contributed by atoms with van der Waals surface area (Å²) >= 11 is 5.87. The molecule has 1 N–H and O–H groups in total. The largest absolute Gasteiger partial charge is 0.497 e. The Kier molecular flexibility index (Phi) is 3.88. The predicted octanol–water partition coefficient (Wildman–Crippen LogP) is 4.10. The lowest BCUT2D eigenvalue weighted by atomic mass is 10.2. The van der Waals surface area contributed by atoms with Crippen LogP contribution in [0.15, 0.2) is 36.4 Å². The lowest BCUT2D eigenvalue weighted by Gasteiger charge is -2.11. The number of nitriles is 1. The van der Waals surface area contributed by atoms with E-state index >= 15 is 0 Å². The highest BCUT2D eigenvalue weighted by Crippen LogP contribution is 2.28. The fourth-order valence-electron chi connectivity index (χ4n) is 1.59. The Morgan fingerprint density at radius 1 is 1.21 bits per heavy atom. The summed E-state index contributed by atoms with van der Waals surface area (Å²) in [5.74, 6) is 0.0779. The van der Waals surface area contributed by atoms with Gasteiger partial charge in [0.05, 0.1) is 24.0 Å². The van der Waals surface area contributed by atoms with E-state index in [4.69, 9.17) is 21.6 Å². The zero-order valence-electron chi connectivity index (χ0n) is 10.1. The van der Waals surface area contributed by atoms with Crippen molar-refractivity contribution in [1.29, 1.82) is 5.26 Å². The summed E-state index contributed by atoms with van der Waals surface area (Å²) in [5, 5.41) is 12.3. The van der Waals surface area contributed by atoms with Gasteiger partial charge in [0.2, 0.25) is 0 Å². The maximum Gasteiger partial charge on any atom is 0.146 e. The number of nitrogens with one attached hydrogen (secondary N) is 1. The summed E-state index contributed by atoms with van der Waals surface area (Å²) in [4.78, 5) is 0. The fourth-order valence-corrected chi connectivity index (χ4v) is 1.76. The van der Waals surface area contributed by atoms with Crippen molar-refractivity contribution >= 4 is 23.0 Å². The van der Waals surface area contributed by atoms with Gasteiger partial charge in [-0.05, 0) is 30.3 Å². The van der Waals surface area contributed by atoms with Gasteiger partial charge in [-0.2, -0.15) is 5.26 Å². The van der Waals surface area contributed by atoms with Gasteiger partial charge >= 0.3 is 0 Å². The molecule has 0 bridgehead atoms. The van der Waals surface area contributed by atoms with E-state index in [1.165, 1.54) is 25.3 Å². The molecule has 3 nitrogen and oxygen atoms in total. The number of anilines is 2. The topological polar surface area (TPSA) is 45.0 Å². The van der Waals surface area contributed by atoms with Crippen LogP contribution < -0.4 is 10.1 Å². The average Bonchev–Trinajstić information content (AvgIpc) is 2.41. The van der Waals surface area contributed by atoms with E-state index < -0.39 is 5.82 Å². The third-order valence-corrected chi connectivity index (χ3v) is 2.78. The Bertz CT molecular complexity index is 652. The number of rotatable bonds is 3. The van der Waals surface area contributed by atoms with E-state index in [1.54, 1.807) is 18.2 Å². The molecule has 0 saturated carbocycles. The Morgan fingerprint density at radius 2 is 2.00 bits per heavy atom. The smallest absolute Gasteiger partial charge is 0.146 e. The molecular weight excluding hydrogens is 267 g/mol. The van der Waals surface area contributed by atoms with Crippen LogP contribution in [-0.4, -0.2) is 7.11 Å². The number of benzene rings is 2. The van der Waals surface area contributed by atoms with Gasteiger partial charge in [-0.25, -0.2) is 4.39 Å². The van der Waals surface area contributed by atoms with Gasteiger partial charge in [-0.1, -0.05) is 11.6 Å². The Labute approximate surface area is 115 Å². The summed E-state index contributed by atoms with van der Waals surface area (Å²) in [5.41, 5.74) is 1.05. The number of halogens is 2. The second-order valence-corrected chi connectivity index (χ2v) is 4.21. The normalized spacial score (nSPS) is 9.79. The van der Waals surface area contributed by atoms with Gasteiger partial charge in [0.1, 0.15) is 17.6 Å². The molecule has 5 heteroatoms. The molecule has 0 aliphatic carbocycles. The lowest BCUT2D eigenvalue weighted by molar-refractivity contribution is 0.414. The first-order chi connectivity index (χ1) is 9.13. The predicted molar refractivity (Wildman–Crippen MR) is 72.4 cm³/mol. The monoisotopic (exact) mass is 276 g/mol. The number of ether oxygens (including phenoxy) is 1. The third-order valence-electron chi connectivity index (χ3n) is 2.54. The van der Waals surface area contributed by atoms with Crippen molar-refractivity contribution in [2.24, 2.45) is 0 Å². The van der Waals surface area contributed by atoms with Crippen LogP contribution >= 0.6 is 11.6 Å². The zero-order valence-corrected chi connectivity index (χ0v) is 10.8. The Morgan fingerprint density at radius 3 is 2.68 bits per heavy atom. The van der Waals surface area contributed by atoms with E-state index in [1.807, 2.05) is 6.07 Å². The highest BCUT2D eigenvalue weighted by Gasteiger charge is 2.08. The molecular formula is C14H10ClFN2O. The molecule has 0 spiro atoms. The van der Waals surface area contributed by atoms with E-state index in [0.29, 0.717) is 22.0 Å². The molecule has 0 aromatic heterocycles. The molecule has 19 heavy (non-hydrogen) atoms. The molecule has 2 aromatic rings. The van der Waals surface area contributed by atoms with Gasteiger partial charge in [0.25, 0.3) is 0 Å². The second-order valence-electron chi connectivity index (χ2n) is 3.77. The Hall–Kier alpha value is -2.25. The van der Waals surface area contributed by atoms with Crippen LogP contribution in [0.3, 0.4) is 0 Å². The Balaban J connectivity index is 2.41. The van der Waals surface area contributed by atoms with Crippen molar-refractivity contribution < 1.29 is 9.13 Å². The zero-order chi connectivity index (χ0) is 13.8. The molecule has 0 fully saturated rings. The molecule has 0 unspecified atom stereocenters. The minimum Gasteiger partial charge on any atom is -0.497 e. The summed E-state index contributed by atoms with van der Waals surface area (Å²) in [6.45, 7) is 0. The summed E-state index contributed by atoms with van der Waals surface area (Å²) < 4.78 is 18.7. The van der Waals surface area contributed by atoms with Crippen molar-refractivity contribution in [3.05, 3.63) is 52.8 Å². The molecule has 96 valence electrons. The van der Waals surface area contributed by atoms with Crippen molar-refractivity contribution in [3.63, 3.8) is 0 Å². The number of nitrogens with zero attached hydrogens (tertiary/aromatic N) is 1. The van der Waals surface area contributed by atoms with E-state index in [9.17, 15) is 4.39 Å². The van der Waals surface area contributed by atoms with Crippen LogP contribution in [0.25, 0.3) is 0 Å². The quantitative estimate of drug-likeness (QED) is 0.918. The first-order valence-corrected chi connectivity index (χ1v) is 5.82. The fraction of sp³-hybridized carbons (Fsp3) is 0.0714. The van der Waals surface area contributed by atoms with E-state index in [2.05, 4.69) is 5.32 Å². The van der Waals surface area contributed by atoms with Gasteiger partial charge < -0.3 is 10.1 Å². The number of hydrogen-bond acceptors (Lipinski definition) is 3. The van der Waals surface area contributed by atoms with Gasteiger partial charge in [-0.3, -0.25) is 0 Å². The van der Waals surface area contributed by atoms with Crippen LogP contribution in [0, 0.1) is 17.1 Å². The highest BCUT2D eigenvalue weighted by atomic mass is 35.5. The maximum atomic E-state index is 13.7. The summed E-state index contributed by atoms with van der Waals surface area (Å²) in [6, 6.07) is 11.1. The van der Waals surface area contributed by atoms with Crippen LogP contribution in [0.4, 0.5) is 15.8 Å². The molecule has 0 atom stereocenters. The average molecular weight is 277 g/mol. The minimum absolute atomic E-state index is 0.220. The minimum atomic E-state index is -0.440. The molecule has 2 rings (SSSR count). The number of hydrogen-bond donors (Lipinski definition) is 1. The third kappa shape index (κ3) is 2.95. The van der Waals surface area contributed by atoms with E-state index in [0.717, 1.165) is 0 Å². The van der Waals surface area contributed by atoms with Crippen LogP contribution in [0.2, 0.25) is 5.02 Å². The van der Waals surface area contributed by atoms with E-state index in [-0.39, 0.29) is 5.69 Å². The molecule has 0 heterocycles. The SMILES string of the molecule is COc1ccc(F)c(Nc2cc(Cl)ccc2C#N)c1. The first-order valence-electron chi connectivity index (χ1n) is 5.44. The molecule has 0 aliphatic heterocycles. The van der Waals surface area contributed by atoms with Gasteiger partial charge in [0.15, 0.2) is 0 Å². The van der Waals surface area contributed by atoms with Gasteiger partial charge in [0, 0.05) is 11.1 Å². The molecule has 0 radical (unpaired) electrons. The lowest BCUT2D eigenvalue weighted by Crippen LogP contribution is -1.97. The summed E-state index contributed by atoms with van der Waals surface area (Å²) in [7, 11) is 1.50. The van der Waals surface area contributed by atoms with Crippen LogP contribution in [0.1, 0.15) is 5.56 Å². The first kappa shape index (κ1) is 13.2. The molecule has 0 aliphatic rings. The molecule has 2 aromatic carbocycles. The van der Waals surface area contributed by atoms with Crippen molar-refractivity contribution in [1.82, 2.24) is 0 Å².